The third-order valence-corrected chi connectivity index (χ3v) is 4.42. The largest absolute Gasteiger partial charge is 0.289 e. The molecule has 0 unspecified atom stereocenters. The Bertz CT molecular complexity index is 946. The Labute approximate surface area is 160 Å². The molecule has 0 bridgehead atoms. The number of carbonyl (C=O) groups is 2. The van der Waals surface area contributed by atoms with Crippen molar-refractivity contribution >= 4 is 46.4 Å². The van der Waals surface area contributed by atoms with Crippen LogP contribution in [0.1, 0.15) is 31.8 Å². The summed E-state index contributed by atoms with van der Waals surface area (Å²) in [5.74, 6) is -0.567. The lowest BCUT2D eigenvalue weighted by Crippen LogP contribution is -2.11. The molecule has 0 aromatic heterocycles. The summed E-state index contributed by atoms with van der Waals surface area (Å²) in [7, 11) is 0. The molecule has 3 aromatic carbocycles. The van der Waals surface area contributed by atoms with Gasteiger partial charge in [-0.15, -0.1) is 0 Å². The summed E-state index contributed by atoms with van der Waals surface area (Å²) >= 11 is 17.8. The minimum atomic E-state index is -0.295. The zero-order valence-corrected chi connectivity index (χ0v) is 15.1. The number of carbonyl (C=O) groups excluding carboxylic acids is 2. The molecule has 3 rings (SSSR count). The Morgan fingerprint density at radius 2 is 0.920 bits per heavy atom. The second kappa shape index (κ2) is 7.40. The SMILES string of the molecule is O=C(c1ccc(Cl)cc1)c1ccc(Cl)cc1C(=O)c1ccc(Cl)cc1. The lowest BCUT2D eigenvalue weighted by atomic mass is 9.93. The molecular formula is C20H11Cl3O2. The van der Waals surface area contributed by atoms with Gasteiger partial charge in [0.25, 0.3) is 0 Å². The van der Waals surface area contributed by atoms with Crippen LogP contribution in [0.5, 0.6) is 0 Å². The maximum Gasteiger partial charge on any atom is 0.193 e. The fourth-order valence-electron chi connectivity index (χ4n) is 2.42. The molecule has 0 saturated heterocycles. The first-order chi connectivity index (χ1) is 12.0. The highest BCUT2D eigenvalue weighted by molar-refractivity contribution is 6.32. The molecule has 0 amide bonds. The molecule has 3 aromatic rings. The Balaban J connectivity index is 2.06. The third-order valence-electron chi connectivity index (χ3n) is 3.68. The van der Waals surface area contributed by atoms with Crippen molar-refractivity contribution in [1.29, 1.82) is 0 Å². The zero-order chi connectivity index (χ0) is 18.0. The molecule has 0 heterocycles. The van der Waals surface area contributed by atoms with Crippen molar-refractivity contribution in [2.45, 2.75) is 0 Å². The highest BCUT2D eigenvalue weighted by atomic mass is 35.5. The van der Waals surface area contributed by atoms with Crippen molar-refractivity contribution in [2.24, 2.45) is 0 Å². The third kappa shape index (κ3) is 3.93. The van der Waals surface area contributed by atoms with Crippen LogP contribution in [0.25, 0.3) is 0 Å². The monoisotopic (exact) mass is 388 g/mol. The second-order valence-corrected chi connectivity index (χ2v) is 6.67. The summed E-state index contributed by atoms with van der Waals surface area (Å²) in [6, 6.07) is 17.6. The zero-order valence-electron chi connectivity index (χ0n) is 12.8. The number of ketones is 2. The van der Waals surface area contributed by atoms with Crippen LogP contribution in [-0.4, -0.2) is 11.6 Å². The van der Waals surface area contributed by atoms with Gasteiger partial charge in [0.15, 0.2) is 11.6 Å². The van der Waals surface area contributed by atoms with Crippen molar-refractivity contribution in [3.05, 3.63) is 104 Å². The van der Waals surface area contributed by atoms with Gasteiger partial charge >= 0.3 is 0 Å². The van der Waals surface area contributed by atoms with Gasteiger partial charge in [-0.1, -0.05) is 34.8 Å². The van der Waals surface area contributed by atoms with Gasteiger partial charge in [-0.3, -0.25) is 9.59 Å². The number of benzene rings is 3. The van der Waals surface area contributed by atoms with Gasteiger partial charge in [-0.05, 0) is 66.7 Å². The molecule has 25 heavy (non-hydrogen) atoms. The van der Waals surface area contributed by atoms with E-state index in [0.29, 0.717) is 26.2 Å². The van der Waals surface area contributed by atoms with Gasteiger partial charge in [-0.25, -0.2) is 0 Å². The lowest BCUT2D eigenvalue weighted by molar-refractivity contribution is 0.100. The van der Waals surface area contributed by atoms with Crippen LogP contribution in [0, 0.1) is 0 Å². The minimum Gasteiger partial charge on any atom is -0.289 e. The second-order valence-electron chi connectivity index (χ2n) is 5.36. The van der Waals surface area contributed by atoms with E-state index in [4.69, 9.17) is 34.8 Å². The van der Waals surface area contributed by atoms with E-state index in [0.717, 1.165) is 0 Å². The van der Waals surface area contributed by atoms with E-state index in [9.17, 15) is 9.59 Å². The average Bonchev–Trinajstić information content (AvgIpc) is 2.62. The molecule has 0 aliphatic rings. The molecule has 2 nitrogen and oxygen atoms in total. The van der Waals surface area contributed by atoms with Crippen molar-refractivity contribution in [3.8, 4) is 0 Å². The smallest absolute Gasteiger partial charge is 0.193 e. The normalized spacial score (nSPS) is 10.5. The molecule has 0 aliphatic carbocycles. The van der Waals surface area contributed by atoms with Crippen LogP contribution in [0.15, 0.2) is 66.7 Å². The van der Waals surface area contributed by atoms with E-state index in [-0.39, 0.29) is 22.7 Å². The predicted molar refractivity (Wildman–Crippen MR) is 101 cm³/mol. The fourth-order valence-corrected chi connectivity index (χ4v) is 2.84. The molecule has 0 atom stereocenters. The Morgan fingerprint density at radius 3 is 1.40 bits per heavy atom. The predicted octanol–water partition coefficient (Wildman–Crippen LogP) is 6.11. The summed E-state index contributed by atoms with van der Waals surface area (Å²) in [6.07, 6.45) is 0. The van der Waals surface area contributed by atoms with Crippen LogP contribution in [0.2, 0.25) is 15.1 Å². The maximum atomic E-state index is 12.8. The summed E-state index contributed by atoms with van der Waals surface area (Å²) in [4.78, 5) is 25.7. The van der Waals surface area contributed by atoms with E-state index in [1.165, 1.54) is 6.07 Å². The van der Waals surface area contributed by atoms with E-state index in [1.54, 1.807) is 60.7 Å². The molecule has 124 valence electrons. The first-order valence-electron chi connectivity index (χ1n) is 7.36. The maximum absolute atomic E-state index is 12.8. The van der Waals surface area contributed by atoms with E-state index < -0.39 is 0 Å². The molecule has 0 saturated carbocycles. The van der Waals surface area contributed by atoms with Crippen LogP contribution in [-0.2, 0) is 0 Å². The van der Waals surface area contributed by atoms with Crippen LogP contribution < -0.4 is 0 Å². The average molecular weight is 390 g/mol. The molecule has 0 fully saturated rings. The van der Waals surface area contributed by atoms with Crippen molar-refractivity contribution in [1.82, 2.24) is 0 Å². The molecule has 0 aliphatic heterocycles. The molecular weight excluding hydrogens is 379 g/mol. The van der Waals surface area contributed by atoms with E-state index >= 15 is 0 Å². The summed E-state index contributed by atoms with van der Waals surface area (Å²) in [5.41, 5.74) is 1.40. The summed E-state index contributed by atoms with van der Waals surface area (Å²) in [6.45, 7) is 0. The first kappa shape index (κ1) is 17.7. The van der Waals surface area contributed by atoms with Crippen molar-refractivity contribution < 1.29 is 9.59 Å². The summed E-state index contributed by atoms with van der Waals surface area (Å²) in [5, 5.41) is 1.44. The molecule has 0 N–H and O–H groups in total. The number of hydrogen-bond donors (Lipinski definition) is 0. The van der Waals surface area contributed by atoms with Crippen LogP contribution in [0.3, 0.4) is 0 Å². The lowest BCUT2D eigenvalue weighted by Gasteiger charge is -2.09. The van der Waals surface area contributed by atoms with Crippen LogP contribution >= 0.6 is 34.8 Å². The topological polar surface area (TPSA) is 34.1 Å². The summed E-state index contributed by atoms with van der Waals surface area (Å²) < 4.78 is 0. The quantitative estimate of drug-likeness (QED) is 0.505. The van der Waals surface area contributed by atoms with Crippen LogP contribution in [0.4, 0.5) is 0 Å². The van der Waals surface area contributed by atoms with Gasteiger partial charge in [0.05, 0.1) is 0 Å². The highest BCUT2D eigenvalue weighted by Crippen LogP contribution is 2.23. The molecule has 0 radical (unpaired) electrons. The van der Waals surface area contributed by atoms with Gasteiger partial charge in [-0.2, -0.15) is 0 Å². The van der Waals surface area contributed by atoms with Gasteiger partial charge < -0.3 is 0 Å². The number of halogens is 3. The standard InChI is InChI=1S/C20H11Cl3O2/c21-14-5-1-12(2-6-14)19(24)17-10-9-16(23)11-18(17)20(25)13-3-7-15(22)8-4-13/h1-11H. The van der Waals surface area contributed by atoms with E-state index in [2.05, 4.69) is 0 Å². The van der Waals surface area contributed by atoms with Crippen molar-refractivity contribution in [2.75, 3.05) is 0 Å². The van der Waals surface area contributed by atoms with Crippen molar-refractivity contribution in [3.63, 3.8) is 0 Å². The fraction of sp³-hybridized carbons (Fsp3) is 0. The Kier molecular flexibility index (Phi) is 5.24. The first-order valence-corrected chi connectivity index (χ1v) is 8.49. The van der Waals surface area contributed by atoms with Gasteiger partial charge in [0, 0.05) is 37.3 Å². The van der Waals surface area contributed by atoms with E-state index in [1.807, 2.05) is 0 Å². The Morgan fingerprint density at radius 1 is 0.520 bits per heavy atom. The molecule has 5 heteroatoms. The minimum absolute atomic E-state index is 0.245. The highest BCUT2D eigenvalue weighted by Gasteiger charge is 2.20. The van der Waals surface area contributed by atoms with Gasteiger partial charge in [0.2, 0.25) is 0 Å². The Hall–Kier alpha value is -2.13. The van der Waals surface area contributed by atoms with Gasteiger partial charge in [0.1, 0.15) is 0 Å². The number of rotatable bonds is 4. The molecule has 0 spiro atoms. The number of hydrogen-bond acceptors (Lipinski definition) is 2.